The molecule has 1 aromatic rings. The molecule has 1 amide bonds. The Morgan fingerprint density at radius 2 is 1.88 bits per heavy atom. The van der Waals surface area contributed by atoms with Crippen LogP contribution in [0.15, 0.2) is 24.3 Å². The number of para-hydroxylation sites is 1. The fourth-order valence-corrected chi connectivity index (χ4v) is 4.28. The molecule has 138 valence electrons. The van der Waals surface area contributed by atoms with Crippen molar-refractivity contribution in [3.63, 3.8) is 0 Å². The van der Waals surface area contributed by atoms with Gasteiger partial charge >= 0.3 is 0 Å². The Labute approximate surface area is 150 Å². The van der Waals surface area contributed by atoms with E-state index in [1.807, 2.05) is 24.3 Å². The minimum Gasteiger partial charge on any atom is -0.490 e. The number of ether oxygens (including phenoxy) is 2. The van der Waals surface area contributed by atoms with E-state index in [4.69, 9.17) is 9.47 Å². The summed E-state index contributed by atoms with van der Waals surface area (Å²) in [5.74, 6) is 0.771. The molecular formula is C20H30N2O3. The highest BCUT2D eigenvalue weighted by atomic mass is 16.5. The van der Waals surface area contributed by atoms with Gasteiger partial charge in [0.2, 0.25) is 0 Å². The summed E-state index contributed by atoms with van der Waals surface area (Å²) in [6, 6.07) is 8.43. The third-order valence-corrected chi connectivity index (χ3v) is 5.49. The van der Waals surface area contributed by atoms with Crippen molar-refractivity contribution in [1.82, 2.24) is 9.80 Å². The Balaban J connectivity index is 1.75. The summed E-state index contributed by atoms with van der Waals surface area (Å²) in [6.45, 7) is 6.28. The third-order valence-electron chi connectivity index (χ3n) is 5.49. The van der Waals surface area contributed by atoms with Crippen LogP contribution in [0.2, 0.25) is 0 Å². The predicted octanol–water partition coefficient (Wildman–Crippen LogP) is 2.80. The molecule has 25 heavy (non-hydrogen) atoms. The molecule has 0 saturated carbocycles. The van der Waals surface area contributed by atoms with Gasteiger partial charge in [-0.15, -0.1) is 0 Å². The minimum absolute atomic E-state index is 0.110. The molecule has 0 aliphatic carbocycles. The molecule has 2 aliphatic rings. The Bertz CT molecular complexity index is 578. The quantitative estimate of drug-likeness (QED) is 0.712. The molecule has 0 spiro atoms. The number of likely N-dealkylation sites (N-methyl/N-ethyl adjacent to an activating group) is 1. The van der Waals surface area contributed by atoms with Crippen molar-refractivity contribution in [3.8, 4) is 5.75 Å². The maximum absolute atomic E-state index is 13.3. The molecule has 0 radical (unpaired) electrons. The molecule has 2 fully saturated rings. The number of amides is 1. The largest absolute Gasteiger partial charge is 0.490 e. The normalized spacial score (nSPS) is 24.0. The first-order chi connectivity index (χ1) is 12.3. The maximum atomic E-state index is 13.3. The second-order valence-corrected chi connectivity index (χ2v) is 6.88. The maximum Gasteiger partial charge on any atom is 0.257 e. The Morgan fingerprint density at radius 1 is 1.12 bits per heavy atom. The van der Waals surface area contributed by atoms with E-state index in [-0.39, 0.29) is 5.91 Å². The first-order valence-corrected chi connectivity index (χ1v) is 9.52. The van der Waals surface area contributed by atoms with Crippen LogP contribution in [-0.4, -0.2) is 67.7 Å². The van der Waals surface area contributed by atoms with Crippen LogP contribution in [0.5, 0.6) is 5.75 Å². The molecule has 0 bridgehead atoms. The highest BCUT2D eigenvalue weighted by Crippen LogP contribution is 2.32. The molecule has 2 atom stereocenters. The average Bonchev–Trinajstić information content (AvgIpc) is 3.30. The topological polar surface area (TPSA) is 42.0 Å². The minimum atomic E-state index is 0.110. The summed E-state index contributed by atoms with van der Waals surface area (Å²) in [4.78, 5) is 17.9. The molecule has 2 aliphatic heterocycles. The van der Waals surface area contributed by atoms with E-state index < -0.39 is 0 Å². The number of rotatable bonds is 7. The van der Waals surface area contributed by atoms with E-state index >= 15 is 0 Å². The van der Waals surface area contributed by atoms with Gasteiger partial charge in [0, 0.05) is 25.7 Å². The van der Waals surface area contributed by atoms with Gasteiger partial charge in [-0.3, -0.25) is 9.69 Å². The van der Waals surface area contributed by atoms with Crippen LogP contribution in [0.1, 0.15) is 43.0 Å². The summed E-state index contributed by atoms with van der Waals surface area (Å²) >= 11 is 0. The van der Waals surface area contributed by atoms with Gasteiger partial charge in [-0.25, -0.2) is 0 Å². The summed E-state index contributed by atoms with van der Waals surface area (Å²) in [5, 5.41) is 0. The number of nitrogens with zero attached hydrogens (tertiary/aromatic N) is 2. The fraction of sp³-hybridized carbons (Fsp3) is 0.650. The molecule has 3 rings (SSSR count). The zero-order valence-electron chi connectivity index (χ0n) is 15.4. The number of hydrogen-bond donors (Lipinski definition) is 0. The lowest BCUT2D eigenvalue weighted by atomic mass is 10.0. The fourth-order valence-electron chi connectivity index (χ4n) is 4.28. The smallest absolute Gasteiger partial charge is 0.257 e. The van der Waals surface area contributed by atoms with Gasteiger partial charge in [0.25, 0.3) is 5.91 Å². The van der Waals surface area contributed by atoms with Crippen molar-refractivity contribution < 1.29 is 14.3 Å². The zero-order chi connectivity index (χ0) is 17.6. The molecule has 0 N–H and O–H groups in total. The van der Waals surface area contributed by atoms with Gasteiger partial charge in [-0.05, 0) is 50.9 Å². The summed E-state index contributed by atoms with van der Waals surface area (Å²) in [5.41, 5.74) is 0.673. The molecule has 1 aromatic carbocycles. The number of likely N-dealkylation sites (tertiary alicyclic amines) is 2. The monoisotopic (exact) mass is 346 g/mol. The van der Waals surface area contributed by atoms with E-state index in [1.165, 1.54) is 12.8 Å². The molecule has 2 saturated heterocycles. The molecule has 5 nitrogen and oxygen atoms in total. The lowest BCUT2D eigenvalue weighted by Gasteiger charge is -2.34. The second-order valence-electron chi connectivity index (χ2n) is 6.88. The first-order valence-electron chi connectivity index (χ1n) is 9.52. The molecular weight excluding hydrogens is 316 g/mol. The molecule has 5 heteroatoms. The lowest BCUT2D eigenvalue weighted by molar-refractivity contribution is 0.0643. The van der Waals surface area contributed by atoms with Gasteiger partial charge < -0.3 is 14.4 Å². The first kappa shape index (κ1) is 18.2. The number of benzene rings is 1. The molecule has 2 heterocycles. The number of carbonyl (C=O) groups is 1. The molecule has 0 aromatic heterocycles. The van der Waals surface area contributed by atoms with Gasteiger partial charge in [0.1, 0.15) is 12.4 Å². The van der Waals surface area contributed by atoms with Crippen LogP contribution in [0, 0.1) is 0 Å². The Hall–Kier alpha value is -1.59. The van der Waals surface area contributed by atoms with Crippen molar-refractivity contribution in [2.24, 2.45) is 0 Å². The van der Waals surface area contributed by atoms with Crippen LogP contribution in [0.3, 0.4) is 0 Å². The van der Waals surface area contributed by atoms with E-state index in [0.29, 0.717) is 36.6 Å². The summed E-state index contributed by atoms with van der Waals surface area (Å²) < 4.78 is 10.8. The van der Waals surface area contributed by atoms with Crippen molar-refractivity contribution in [2.75, 3.05) is 40.0 Å². The zero-order valence-corrected chi connectivity index (χ0v) is 15.4. The Morgan fingerprint density at radius 3 is 2.68 bits per heavy atom. The predicted molar refractivity (Wildman–Crippen MR) is 98.1 cm³/mol. The van der Waals surface area contributed by atoms with Gasteiger partial charge in [0.05, 0.1) is 12.2 Å². The van der Waals surface area contributed by atoms with Gasteiger partial charge in [-0.2, -0.15) is 0 Å². The van der Waals surface area contributed by atoms with Gasteiger partial charge in [-0.1, -0.05) is 19.1 Å². The summed E-state index contributed by atoms with van der Waals surface area (Å²) in [6.07, 6.45) is 4.65. The van der Waals surface area contributed by atoms with Crippen LogP contribution in [0.25, 0.3) is 0 Å². The van der Waals surface area contributed by atoms with E-state index in [1.54, 1.807) is 7.11 Å². The van der Waals surface area contributed by atoms with E-state index in [9.17, 15) is 4.79 Å². The standard InChI is InChI=1S/C20H30N2O3/c1-3-21-12-6-9-17(21)18-10-7-13-22(18)20(23)16-8-4-5-11-19(16)25-15-14-24-2/h4-5,8,11,17-18H,3,6-7,9-10,12-15H2,1-2H3/t17-,18+/m0/s1. The number of methoxy groups -OCH3 is 1. The highest BCUT2D eigenvalue weighted by molar-refractivity contribution is 5.97. The number of hydrogen-bond acceptors (Lipinski definition) is 4. The highest BCUT2D eigenvalue weighted by Gasteiger charge is 2.39. The van der Waals surface area contributed by atoms with E-state index in [2.05, 4.69) is 16.7 Å². The molecule has 0 unspecified atom stereocenters. The van der Waals surface area contributed by atoms with Crippen molar-refractivity contribution in [1.29, 1.82) is 0 Å². The van der Waals surface area contributed by atoms with Gasteiger partial charge in [0.15, 0.2) is 0 Å². The lowest BCUT2D eigenvalue weighted by Crippen LogP contribution is -2.48. The van der Waals surface area contributed by atoms with Crippen molar-refractivity contribution in [2.45, 2.75) is 44.7 Å². The van der Waals surface area contributed by atoms with Crippen LogP contribution in [0.4, 0.5) is 0 Å². The van der Waals surface area contributed by atoms with Crippen LogP contribution in [-0.2, 0) is 4.74 Å². The van der Waals surface area contributed by atoms with Crippen molar-refractivity contribution in [3.05, 3.63) is 29.8 Å². The van der Waals surface area contributed by atoms with E-state index in [0.717, 1.165) is 32.5 Å². The summed E-state index contributed by atoms with van der Waals surface area (Å²) in [7, 11) is 1.65. The SMILES string of the molecule is CCN1CCC[C@H]1[C@H]1CCCN1C(=O)c1ccccc1OCCOC. The number of carbonyl (C=O) groups excluding carboxylic acids is 1. The van der Waals surface area contributed by atoms with Crippen molar-refractivity contribution >= 4 is 5.91 Å². The third kappa shape index (κ3) is 3.98. The Kier molecular flexibility index (Phi) is 6.32. The average molecular weight is 346 g/mol. The van der Waals surface area contributed by atoms with Crippen LogP contribution >= 0.6 is 0 Å². The van der Waals surface area contributed by atoms with Crippen LogP contribution < -0.4 is 4.74 Å². The second kappa shape index (κ2) is 8.68.